The molecule has 0 aliphatic heterocycles. The second-order valence-corrected chi connectivity index (χ2v) is 10.3. The zero-order chi connectivity index (χ0) is 18.3. The molecule has 0 radical (unpaired) electrons. The Balaban J connectivity index is 1.58. The van der Waals surface area contributed by atoms with Crippen molar-refractivity contribution in [2.45, 2.75) is 72.1 Å². The molecule has 5 rings (SSSR count). The van der Waals surface area contributed by atoms with Crippen LogP contribution in [0, 0.1) is 63.6 Å². The molecular formula is C24H33NO. The fraction of sp³-hybridized carbons (Fsp3) is 0.833. The van der Waals surface area contributed by atoms with Crippen LogP contribution in [0.2, 0.25) is 0 Å². The standard InChI is InChI=1S/C24H33NO/c1-4-14-10-15-11-16(26)6-7-17(15)18-8-9-24(5-2)22(21(14)18)19-12-20(19)23(24,3)13-25/h11,14,17-22H,4-10,12H2,1-3H3/t14-,17+,18-,19-,20+,21-,22+,23+,24+/m1/s1. The summed E-state index contributed by atoms with van der Waals surface area (Å²) in [7, 11) is 0. The summed E-state index contributed by atoms with van der Waals surface area (Å²) >= 11 is 0. The Morgan fingerprint density at radius 3 is 2.77 bits per heavy atom. The maximum atomic E-state index is 12.0. The lowest BCUT2D eigenvalue weighted by Gasteiger charge is -2.59. The van der Waals surface area contributed by atoms with E-state index >= 15 is 0 Å². The molecule has 4 fully saturated rings. The number of rotatable bonds is 2. The van der Waals surface area contributed by atoms with Crippen molar-refractivity contribution in [2.75, 3.05) is 0 Å². The molecule has 0 bridgehead atoms. The number of ketones is 1. The molecule has 0 saturated heterocycles. The average molecular weight is 352 g/mol. The number of carbonyl (C=O) groups is 1. The molecular weight excluding hydrogens is 318 g/mol. The highest BCUT2D eigenvalue weighted by molar-refractivity contribution is 5.91. The summed E-state index contributed by atoms with van der Waals surface area (Å²) in [5, 5.41) is 10.2. The Bertz CT molecular complexity index is 716. The number of hydrogen-bond acceptors (Lipinski definition) is 2. The molecule has 0 aromatic rings. The molecule has 2 heteroatoms. The van der Waals surface area contributed by atoms with Crippen molar-refractivity contribution in [3.05, 3.63) is 11.6 Å². The van der Waals surface area contributed by atoms with Gasteiger partial charge in [-0.25, -0.2) is 0 Å². The van der Waals surface area contributed by atoms with Crippen LogP contribution in [0.3, 0.4) is 0 Å². The Kier molecular flexibility index (Phi) is 3.58. The number of allylic oxidation sites excluding steroid dienone is 1. The molecule has 0 aromatic carbocycles. The minimum atomic E-state index is -0.0982. The van der Waals surface area contributed by atoms with Crippen LogP contribution in [0.5, 0.6) is 0 Å². The van der Waals surface area contributed by atoms with Gasteiger partial charge in [0, 0.05) is 6.42 Å². The summed E-state index contributed by atoms with van der Waals surface area (Å²) in [6.45, 7) is 7.04. The lowest BCUT2D eigenvalue weighted by molar-refractivity contribution is -0.117. The number of nitriles is 1. The van der Waals surface area contributed by atoms with Crippen LogP contribution in [0.15, 0.2) is 11.6 Å². The summed E-state index contributed by atoms with van der Waals surface area (Å²) in [4.78, 5) is 12.0. The number of hydrogen-bond donors (Lipinski definition) is 0. The van der Waals surface area contributed by atoms with Crippen molar-refractivity contribution in [1.82, 2.24) is 0 Å². The van der Waals surface area contributed by atoms with Gasteiger partial charge in [-0.3, -0.25) is 4.79 Å². The molecule has 0 heterocycles. The molecule has 5 aliphatic rings. The van der Waals surface area contributed by atoms with E-state index in [0.29, 0.717) is 17.6 Å². The Hall–Kier alpha value is -1.10. The van der Waals surface area contributed by atoms with Crippen LogP contribution in [0.25, 0.3) is 0 Å². The number of carbonyl (C=O) groups excluding carboxylic acids is 1. The predicted molar refractivity (Wildman–Crippen MR) is 102 cm³/mol. The average Bonchev–Trinajstić information content (AvgIpc) is 3.42. The lowest BCUT2D eigenvalue weighted by Crippen LogP contribution is -2.54. The zero-order valence-electron chi connectivity index (χ0n) is 16.6. The van der Waals surface area contributed by atoms with Crippen molar-refractivity contribution in [2.24, 2.45) is 52.3 Å². The van der Waals surface area contributed by atoms with Gasteiger partial charge in [-0.05, 0) is 98.4 Å². The van der Waals surface area contributed by atoms with Gasteiger partial charge in [-0.1, -0.05) is 25.8 Å². The van der Waals surface area contributed by atoms with Gasteiger partial charge in [0.1, 0.15) is 0 Å². The molecule has 140 valence electrons. The third-order valence-corrected chi connectivity index (χ3v) is 10.0. The summed E-state index contributed by atoms with van der Waals surface area (Å²) in [6.07, 6.45) is 11.3. The third kappa shape index (κ3) is 1.86. The fourth-order valence-corrected chi connectivity index (χ4v) is 8.87. The van der Waals surface area contributed by atoms with Crippen molar-refractivity contribution in [3.63, 3.8) is 0 Å². The highest BCUT2D eigenvalue weighted by Gasteiger charge is 2.76. The quantitative estimate of drug-likeness (QED) is 0.655. The van der Waals surface area contributed by atoms with E-state index in [9.17, 15) is 10.1 Å². The minimum absolute atomic E-state index is 0.0982. The van der Waals surface area contributed by atoms with Gasteiger partial charge in [0.2, 0.25) is 0 Å². The van der Waals surface area contributed by atoms with Crippen molar-refractivity contribution in [3.8, 4) is 6.07 Å². The van der Waals surface area contributed by atoms with E-state index in [2.05, 4.69) is 26.8 Å². The minimum Gasteiger partial charge on any atom is -0.295 e. The Labute approximate surface area is 158 Å². The largest absolute Gasteiger partial charge is 0.295 e. The number of fused-ring (bicyclic) bond motifs is 7. The molecule has 0 amide bonds. The topological polar surface area (TPSA) is 40.9 Å². The van der Waals surface area contributed by atoms with E-state index in [4.69, 9.17) is 0 Å². The van der Waals surface area contributed by atoms with E-state index in [-0.39, 0.29) is 10.8 Å². The highest BCUT2D eigenvalue weighted by Crippen LogP contribution is 2.80. The van der Waals surface area contributed by atoms with E-state index in [0.717, 1.165) is 48.9 Å². The third-order valence-electron chi connectivity index (χ3n) is 10.0. The first kappa shape index (κ1) is 17.0. The molecule has 26 heavy (non-hydrogen) atoms. The fourth-order valence-electron chi connectivity index (χ4n) is 8.87. The Morgan fingerprint density at radius 1 is 1.27 bits per heavy atom. The lowest BCUT2D eigenvalue weighted by atomic mass is 9.44. The molecule has 5 aliphatic carbocycles. The summed E-state index contributed by atoms with van der Waals surface area (Å²) in [6, 6.07) is 2.86. The molecule has 0 N–H and O–H groups in total. The highest BCUT2D eigenvalue weighted by atomic mass is 16.1. The molecule has 0 unspecified atom stereocenters. The first-order valence-electron chi connectivity index (χ1n) is 11.1. The summed E-state index contributed by atoms with van der Waals surface area (Å²) in [5.41, 5.74) is 1.65. The van der Waals surface area contributed by atoms with Crippen molar-refractivity contribution >= 4 is 5.78 Å². The van der Waals surface area contributed by atoms with Crippen LogP contribution in [0.4, 0.5) is 0 Å². The molecule has 0 aromatic heterocycles. The molecule has 4 saturated carbocycles. The van der Waals surface area contributed by atoms with Crippen LogP contribution in [-0.4, -0.2) is 5.78 Å². The van der Waals surface area contributed by atoms with E-state index < -0.39 is 0 Å². The van der Waals surface area contributed by atoms with E-state index in [1.165, 1.54) is 37.7 Å². The molecule has 0 spiro atoms. The maximum Gasteiger partial charge on any atom is 0.155 e. The van der Waals surface area contributed by atoms with Gasteiger partial charge >= 0.3 is 0 Å². The van der Waals surface area contributed by atoms with Crippen LogP contribution in [0.1, 0.15) is 72.1 Å². The first-order valence-corrected chi connectivity index (χ1v) is 11.1. The first-order chi connectivity index (χ1) is 12.5. The van der Waals surface area contributed by atoms with Crippen molar-refractivity contribution in [1.29, 1.82) is 5.26 Å². The smallest absolute Gasteiger partial charge is 0.155 e. The van der Waals surface area contributed by atoms with Gasteiger partial charge < -0.3 is 0 Å². The van der Waals surface area contributed by atoms with Gasteiger partial charge in [0.15, 0.2) is 5.78 Å². The SMILES string of the molecule is CC[C@@H]1CC2=CC(=O)CC[C@@H]2[C@H]2CC[C@@]3(CC)[C@@H]([C@@H]4C[C@@H]4[C@]3(C)C#N)[C@H]12. The van der Waals surface area contributed by atoms with E-state index in [1.807, 2.05) is 6.08 Å². The van der Waals surface area contributed by atoms with Crippen LogP contribution in [-0.2, 0) is 4.79 Å². The zero-order valence-corrected chi connectivity index (χ0v) is 16.6. The second kappa shape index (κ2) is 5.46. The number of nitrogens with zero attached hydrogens (tertiary/aromatic N) is 1. The predicted octanol–water partition coefficient (Wildman–Crippen LogP) is 5.54. The molecule has 9 atom stereocenters. The van der Waals surface area contributed by atoms with Gasteiger partial charge in [-0.15, -0.1) is 0 Å². The monoisotopic (exact) mass is 351 g/mol. The second-order valence-electron chi connectivity index (χ2n) is 10.3. The Morgan fingerprint density at radius 2 is 2.08 bits per heavy atom. The summed E-state index contributed by atoms with van der Waals surface area (Å²) in [5.74, 6) is 5.59. The normalized spacial score (nSPS) is 54.3. The summed E-state index contributed by atoms with van der Waals surface area (Å²) < 4.78 is 0. The molecule has 2 nitrogen and oxygen atoms in total. The van der Waals surface area contributed by atoms with Crippen LogP contribution < -0.4 is 0 Å². The van der Waals surface area contributed by atoms with Crippen LogP contribution >= 0.6 is 0 Å². The maximum absolute atomic E-state index is 12.0. The van der Waals surface area contributed by atoms with Gasteiger partial charge in [0.05, 0.1) is 11.5 Å². The van der Waals surface area contributed by atoms with Gasteiger partial charge in [-0.2, -0.15) is 5.26 Å². The van der Waals surface area contributed by atoms with E-state index in [1.54, 1.807) is 0 Å². The van der Waals surface area contributed by atoms with Gasteiger partial charge in [0.25, 0.3) is 0 Å². The van der Waals surface area contributed by atoms with Crippen molar-refractivity contribution < 1.29 is 4.79 Å².